The van der Waals surface area contributed by atoms with E-state index in [2.05, 4.69) is 5.32 Å². The minimum absolute atomic E-state index is 0.676. The number of halogens is 2. The lowest BCUT2D eigenvalue weighted by atomic mass is 10.1. The highest BCUT2D eigenvalue weighted by molar-refractivity contribution is 6.31. The van der Waals surface area contributed by atoms with Crippen LogP contribution in [-0.2, 0) is 6.54 Å². The molecule has 0 radical (unpaired) electrons. The molecule has 0 aliphatic rings. The number of nitrogens with one attached hydrogen (secondary N) is 2. The Kier molecular flexibility index (Phi) is 7.27. The van der Waals surface area contributed by atoms with E-state index in [0.29, 0.717) is 11.6 Å². The second-order valence-electron chi connectivity index (χ2n) is 4.31. The van der Waals surface area contributed by atoms with Crippen molar-refractivity contribution in [2.75, 3.05) is 5.32 Å². The zero-order valence-corrected chi connectivity index (χ0v) is 14.0. The van der Waals surface area contributed by atoms with Crippen molar-refractivity contribution >= 4 is 35.1 Å². The summed E-state index contributed by atoms with van der Waals surface area (Å²) in [5.74, 6) is 0. The highest BCUT2D eigenvalue weighted by Crippen LogP contribution is 2.24. The molecule has 0 amide bonds. The Balaban J connectivity index is 0.00000106. The summed E-state index contributed by atoms with van der Waals surface area (Å²) in [6.45, 7) is 6.63. The van der Waals surface area contributed by atoms with Gasteiger partial charge in [-0.2, -0.15) is 0 Å². The van der Waals surface area contributed by atoms with Gasteiger partial charge in [-0.25, -0.2) is 0 Å². The number of aryl methyl sites for hydroxylation is 1. The number of hydrogen-bond donors (Lipinski definition) is 2. The van der Waals surface area contributed by atoms with Crippen LogP contribution in [0.3, 0.4) is 0 Å². The third-order valence-corrected chi connectivity index (χ3v) is 3.54. The molecule has 2 nitrogen and oxygen atoms in total. The van der Waals surface area contributed by atoms with Crippen molar-refractivity contribution < 1.29 is 0 Å². The smallest absolute Gasteiger partial charge is 0.0443 e. The molecule has 0 aromatic heterocycles. The lowest BCUT2D eigenvalue weighted by molar-refractivity contribution is 1.14. The third-order valence-electron chi connectivity index (χ3n) is 2.88. The maximum Gasteiger partial charge on any atom is 0.0443 e. The summed E-state index contributed by atoms with van der Waals surface area (Å²) >= 11 is 11.9. The molecule has 0 bridgehead atoms. The Morgan fingerprint density at radius 2 is 1.71 bits per heavy atom. The average molecular weight is 323 g/mol. The van der Waals surface area contributed by atoms with Gasteiger partial charge in [0.2, 0.25) is 0 Å². The second kappa shape index (κ2) is 8.71. The fraction of sp³-hybridized carbons (Fsp3) is 0.235. The number of anilines is 1. The molecule has 21 heavy (non-hydrogen) atoms. The predicted octanol–water partition coefficient (Wildman–Crippen LogP) is 5.94. The highest BCUT2D eigenvalue weighted by atomic mass is 35.5. The van der Waals surface area contributed by atoms with Crippen LogP contribution in [0.15, 0.2) is 36.4 Å². The van der Waals surface area contributed by atoms with Gasteiger partial charge in [0.15, 0.2) is 0 Å². The van der Waals surface area contributed by atoms with E-state index in [1.54, 1.807) is 6.07 Å². The van der Waals surface area contributed by atoms with Crippen LogP contribution >= 0.6 is 23.2 Å². The number of hydrogen-bond acceptors (Lipinski definition) is 2. The Hall–Kier alpha value is -1.51. The molecule has 0 spiro atoms. The largest absolute Gasteiger partial charge is 0.380 e. The van der Waals surface area contributed by atoms with Crippen LogP contribution in [0.5, 0.6) is 0 Å². The normalized spacial score (nSPS) is 9.57. The summed E-state index contributed by atoms with van der Waals surface area (Å²) in [6, 6.07) is 11.4. The first kappa shape index (κ1) is 17.5. The van der Waals surface area contributed by atoms with E-state index < -0.39 is 0 Å². The number of rotatable bonds is 4. The monoisotopic (exact) mass is 322 g/mol. The fourth-order valence-electron chi connectivity index (χ4n) is 1.77. The summed E-state index contributed by atoms with van der Waals surface area (Å²) in [5.41, 5.74) is 3.82. The molecule has 112 valence electrons. The zero-order chi connectivity index (χ0) is 15.8. The molecule has 2 rings (SSSR count). The molecule has 0 aliphatic heterocycles. The first-order valence-corrected chi connectivity index (χ1v) is 7.64. The van der Waals surface area contributed by atoms with Gasteiger partial charge in [0.1, 0.15) is 0 Å². The molecule has 0 saturated heterocycles. The quantitative estimate of drug-likeness (QED) is 0.671. The van der Waals surface area contributed by atoms with E-state index in [1.165, 1.54) is 6.21 Å². The lowest BCUT2D eigenvalue weighted by Gasteiger charge is -2.11. The molecule has 0 atom stereocenters. The van der Waals surface area contributed by atoms with Crippen LogP contribution in [0, 0.1) is 12.3 Å². The van der Waals surface area contributed by atoms with E-state index in [0.717, 1.165) is 27.4 Å². The highest BCUT2D eigenvalue weighted by Gasteiger charge is 2.04. The Labute approximate surface area is 136 Å². The Morgan fingerprint density at radius 3 is 2.29 bits per heavy atom. The molecule has 0 aliphatic carbocycles. The van der Waals surface area contributed by atoms with Crippen molar-refractivity contribution in [3.63, 3.8) is 0 Å². The SMILES string of the molecule is CC.Cc1cc(NCc2ccc(Cl)cc2)c(C=N)cc1Cl. The third kappa shape index (κ3) is 5.07. The van der Waals surface area contributed by atoms with E-state index in [1.807, 2.05) is 51.1 Å². The summed E-state index contributed by atoms with van der Waals surface area (Å²) < 4.78 is 0. The van der Waals surface area contributed by atoms with Gasteiger partial charge in [0.05, 0.1) is 0 Å². The van der Waals surface area contributed by atoms with E-state index in [4.69, 9.17) is 28.6 Å². The van der Waals surface area contributed by atoms with Crippen molar-refractivity contribution in [1.82, 2.24) is 0 Å². The summed E-state index contributed by atoms with van der Waals surface area (Å²) in [5, 5.41) is 12.1. The predicted molar refractivity (Wildman–Crippen MR) is 94.2 cm³/mol. The van der Waals surface area contributed by atoms with Crippen LogP contribution in [-0.4, -0.2) is 6.21 Å². The molecule has 2 aromatic rings. The van der Waals surface area contributed by atoms with Crippen molar-refractivity contribution in [2.24, 2.45) is 0 Å². The molecule has 2 N–H and O–H groups in total. The molecule has 4 heteroatoms. The first-order chi connectivity index (χ1) is 10.1. The lowest BCUT2D eigenvalue weighted by Crippen LogP contribution is -2.02. The average Bonchev–Trinajstić information content (AvgIpc) is 2.51. The number of benzene rings is 2. The first-order valence-electron chi connectivity index (χ1n) is 6.89. The second-order valence-corrected chi connectivity index (χ2v) is 5.16. The van der Waals surface area contributed by atoms with Crippen molar-refractivity contribution in [1.29, 1.82) is 5.41 Å². The van der Waals surface area contributed by atoms with Gasteiger partial charge < -0.3 is 10.7 Å². The molecule has 0 fully saturated rings. The van der Waals surface area contributed by atoms with Gasteiger partial charge in [0.25, 0.3) is 0 Å². The standard InChI is InChI=1S/C15H14Cl2N2.C2H6/c1-10-6-15(12(8-18)7-14(10)17)19-9-11-2-4-13(16)5-3-11;1-2/h2-8,18-19H,9H2,1H3;1-2H3. The topological polar surface area (TPSA) is 35.9 Å². The summed E-state index contributed by atoms with van der Waals surface area (Å²) in [6.07, 6.45) is 1.30. The van der Waals surface area contributed by atoms with Gasteiger partial charge in [0, 0.05) is 34.1 Å². The Morgan fingerprint density at radius 1 is 1.10 bits per heavy atom. The van der Waals surface area contributed by atoms with Crippen LogP contribution in [0.2, 0.25) is 10.0 Å². The van der Waals surface area contributed by atoms with Gasteiger partial charge >= 0.3 is 0 Å². The van der Waals surface area contributed by atoms with Crippen molar-refractivity contribution in [3.05, 3.63) is 63.1 Å². The van der Waals surface area contributed by atoms with Gasteiger partial charge in [-0.1, -0.05) is 49.2 Å². The zero-order valence-electron chi connectivity index (χ0n) is 12.5. The van der Waals surface area contributed by atoms with Gasteiger partial charge in [-0.3, -0.25) is 0 Å². The van der Waals surface area contributed by atoms with Crippen LogP contribution in [0.1, 0.15) is 30.5 Å². The van der Waals surface area contributed by atoms with Gasteiger partial charge in [-0.15, -0.1) is 0 Å². The van der Waals surface area contributed by atoms with Crippen LogP contribution < -0.4 is 5.32 Å². The molecular weight excluding hydrogens is 303 g/mol. The fourth-order valence-corrected chi connectivity index (χ4v) is 2.07. The van der Waals surface area contributed by atoms with E-state index in [9.17, 15) is 0 Å². The molecular formula is C17H20Cl2N2. The van der Waals surface area contributed by atoms with E-state index >= 15 is 0 Å². The minimum atomic E-state index is 0.676. The maximum absolute atomic E-state index is 7.42. The molecule has 0 heterocycles. The Bertz CT molecular complexity index is 592. The minimum Gasteiger partial charge on any atom is -0.380 e. The van der Waals surface area contributed by atoms with Crippen molar-refractivity contribution in [2.45, 2.75) is 27.3 Å². The van der Waals surface area contributed by atoms with Crippen LogP contribution in [0.4, 0.5) is 5.69 Å². The summed E-state index contributed by atoms with van der Waals surface area (Å²) in [7, 11) is 0. The van der Waals surface area contributed by atoms with Crippen LogP contribution in [0.25, 0.3) is 0 Å². The van der Waals surface area contributed by atoms with Gasteiger partial charge in [-0.05, 0) is 42.3 Å². The maximum atomic E-state index is 7.42. The van der Waals surface area contributed by atoms with E-state index in [-0.39, 0.29) is 0 Å². The molecule has 0 unspecified atom stereocenters. The molecule has 2 aromatic carbocycles. The van der Waals surface area contributed by atoms with Crippen molar-refractivity contribution in [3.8, 4) is 0 Å². The molecule has 0 saturated carbocycles. The summed E-state index contributed by atoms with van der Waals surface area (Å²) in [4.78, 5) is 0.